The predicted molar refractivity (Wildman–Crippen MR) is 76.4 cm³/mol. The second kappa shape index (κ2) is 4.77. The fraction of sp³-hybridized carbons (Fsp3) is 0.231. The molecule has 2 rings (SSSR count). The zero-order valence-electron chi connectivity index (χ0n) is 10.9. The Morgan fingerprint density at radius 2 is 2.00 bits per heavy atom. The van der Waals surface area contributed by atoms with E-state index in [1.165, 1.54) is 0 Å². The molecule has 0 radical (unpaired) electrons. The van der Waals surface area contributed by atoms with Crippen molar-refractivity contribution in [2.45, 2.75) is 20.8 Å². The first-order valence-corrected chi connectivity index (χ1v) is 6.49. The van der Waals surface area contributed by atoms with Crippen LogP contribution in [0, 0.1) is 32.0 Å². The summed E-state index contributed by atoms with van der Waals surface area (Å²) in [6, 6.07) is 3.19. The summed E-state index contributed by atoms with van der Waals surface area (Å²) in [4.78, 5) is 0. The van der Waals surface area contributed by atoms with Gasteiger partial charge in [0.25, 0.3) is 0 Å². The van der Waals surface area contributed by atoms with E-state index in [-0.39, 0.29) is 10.3 Å². The molecule has 1 heterocycles. The Balaban J connectivity index is 2.67. The molecule has 0 saturated heterocycles. The third kappa shape index (κ3) is 2.16. The van der Waals surface area contributed by atoms with Gasteiger partial charge in [0, 0.05) is 11.3 Å². The number of amidine groups is 1. The molecule has 0 unspecified atom stereocenters. The highest BCUT2D eigenvalue weighted by Gasteiger charge is 2.17. The van der Waals surface area contributed by atoms with E-state index in [2.05, 4.69) is 21.0 Å². The standard InChI is InChI=1S/C13H14BrFN4/c1-6-7(2)18-19(8(6)3)10-5-4-9(13(16)17)11(14)12(10)15/h4-5H,1-3H3,(H3,16,17). The van der Waals surface area contributed by atoms with Gasteiger partial charge in [-0.3, -0.25) is 5.41 Å². The monoisotopic (exact) mass is 324 g/mol. The van der Waals surface area contributed by atoms with Gasteiger partial charge in [-0.2, -0.15) is 5.10 Å². The summed E-state index contributed by atoms with van der Waals surface area (Å²) >= 11 is 3.14. The normalized spacial score (nSPS) is 10.8. The third-order valence-corrected chi connectivity index (χ3v) is 4.01. The van der Waals surface area contributed by atoms with E-state index in [1.807, 2.05) is 20.8 Å². The number of aryl methyl sites for hydroxylation is 1. The van der Waals surface area contributed by atoms with E-state index in [1.54, 1.807) is 16.8 Å². The number of nitrogens with two attached hydrogens (primary N) is 1. The smallest absolute Gasteiger partial charge is 0.163 e. The quantitative estimate of drug-likeness (QED) is 0.658. The molecular weight excluding hydrogens is 311 g/mol. The summed E-state index contributed by atoms with van der Waals surface area (Å²) in [5, 5.41) is 11.7. The summed E-state index contributed by atoms with van der Waals surface area (Å²) in [6.07, 6.45) is 0. The van der Waals surface area contributed by atoms with Crippen LogP contribution in [-0.4, -0.2) is 15.6 Å². The molecule has 0 atom stereocenters. The maximum atomic E-state index is 14.4. The molecule has 1 aromatic heterocycles. The Kier molecular flexibility index (Phi) is 3.45. The second-order valence-corrected chi connectivity index (χ2v) is 5.17. The highest BCUT2D eigenvalue weighted by Crippen LogP contribution is 2.27. The largest absolute Gasteiger partial charge is 0.384 e. The minimum atomic E-state index is -0.474. The van der Waals surface area contributed by atoms with Crippen LogP contribution in [0.4, 0.5) is 4.39 Å². The van der Waals surface area contributed by atoms with Crippen LogP contribution in [0.2, 0.25) is 0 Å². The molecule has 0 bridgehead atoms. The van der Waals surface area contributed by atoms with Crippen molar-refractivity contribution in [1.29, 1.82) is 5.41 Å². The summed E-state index contributed by atoms with van der Waals surface area (Å²) in [5.41, 5.74) is 8.85. The molecule has 19 heavy (non-hydrogen) atoms. The van der Waals surface area contributed by atoms with E-state index < -0.39 is 5.82 Å². The number of hydrogen-bond donors (Lipinski definition) is 2. The van der Waals surface area contributed by atoms with E-state index in [9.17, 15) is 4.39 Å². The number of nitrogen functional groups attached to an aromatic ring is 1. The van der Waals surface area contributed by atoms with Gasteiger partial charge in [0.05, 0.1) is 10.2 Å². The topological polar surface area (TPSA) is 67.7 Å². The van der Waals surface area contributed by atoms with Gasteiger partial charge >= 0.3 is 0 Å². The van der Waals surface area contributed by atoms with E-state index in [0.717, 1.165) is 17.0 Å². The first-order chi connectivity index (χ1) is 8.84. The third-order valence-electron chi connectivity index (χ3n) is 3.23. The van der Waals surface area contributed by atoms with Gasteiger partial charge in [-0.1, -0.05) is 0 Å². The van der Waals surface area contributed by atoms with Gasteiger partial charge in [-0.25, -0.2) is 9.07 Å². The summed E-state index contributed by atoms with van der Waals surface area (Å²) in [6.45, 7) is 5.72. The number of nitrogens with zero attached hydrogens (tertiary/aromatic N) is 2. The van der Waals surface area contributed by atoms with Crippen molar-refractivity contribution in [3.05, 3.63) is 44.9 Å². The summed E-state index contributed by atoms with van der Waals surface area (Å²) in [5.74, 6) is -0.653. The molecule has 100 valence electrons. The summed E-state index contributed by atoms with van der Waals surface area (Å²) < 4.78 is 16.1. The number of rotatable bonds is 2. The minimum Gasteiger partial charge on any atom is -0.384 e. The van der Waals surface area contributed by atoms with Crippen LogP contribution < -0.4 is 5.73 Å². The molecule has 0 aliphatic heterocycles. The molecule has 6 heteroatoms. The van der Waals surface area contributed by atoms with E-state index >= 15 is 0 Å². The van der Waals surface area contributed by atoms with Crippen molar-refractivity contribution in [3.63, 3.8) is 0 Å². The van der Waals surface area contributed by atoms with Crippen molar-refractivity contribution in [2.75, 3.05) is 0 Å². The number of benzene rings is 1. The van der Waals surface area contributed by atoms with Crippen LogP contribution in [0.5, 0.6) is 0 Å². The van der Waals surface area contributed by atoms with E-state index in [4.69, 9.17) is 11.1 Å². The lowest BCUT2D eigenvalue weighted by Crippen LogP contribution is -2.14. The Bertz CT molecular complexity index is 676. The van der Waals surface area contributed by atoms with Crippen LogP contribution in [0.15, 0.2) is 16.6 Å². The van der Waals surface area contributed by atoms with Gasteiger partial charge in [0.2, 0.25) is 0 Å². The maximum Gasteiger partial charge on any atom is 0.163 e. The summed E-state index contributed by atoms with van der Waals surface area (Å²) in [7, 11) is 0. The van der Waals surface area contributed by atoms with Crippen molar-refractivity contribution in [3.8, 4) is 5.69 Å². The molecular formula is C13H14BrFN4. The highest BCUT2D eigenvalue weighted by molar-refractivity contribution is 9.10. The molecule has 0 saturated carbocycles. The Morgan fingerprint density at radius 3 is 2.47 bits per heavy atom. The molecule has 0 aliphatic carbocycles. The van der Waals surface area contributed by atoms with Crippen LogP contribution >= 0.6 is 15.9 Å². The first-order valence-electron chi connectivity index (χ1n) is 5.70. The molecule has 0 aliphatic rings. The van der Waals surface area contributed by atoms with E-state index in [0.29, 0.717) is 11.3 Å². The highest BCUT2D eigenvalue weighted by atomic mass is 79.9. The fourth-order valence-corrected chi connectivity index (χ4v) is 2.41. The molecule has 0 amide bonds. The second-order valence-electron chi connectivity index (χ2n) is 4.38. The zero-order valence-corrected chi connectivity index (χ0v) is 12.5. The Morgan fingerprint density at radius 1 is 1.37 bits per heavy atom. The number of aromatic nitrogens is 2. The predicted octanol–water partition coefficient (Wildman–Crippen LogP) is 2.98. The Labute approximate surface area is 119 Å². The molecule has 2 aromatic rings. The molecule has 0 fully saturated rings. The minimum absolute atomic E-state index is 0.179. The van der Waals surface area contributed by atoms with Crippen LogP contribution in [0.25, 0.3) is 5.69 Å². The number of nitrogens with one attached hydrogen (secondary N) is 1. The SMILES string of the molecule is Cc1nn(-c2ccc(C(=N)N)c(Br)c2F)c(C)c1C. The van der Waals surface area contributed by atoms with Crippen LogP contribution in [0.1, 0.15) is 22.5 Å². The van der Waals surface area contributed by atoms with Gasteiger partial charge in [0.15, 0.2) is 5.82 Å². The average Bonchev–Trinajstić information content (AvgIpc) is 2.60. The number of halogens is 2. The molecule has 3 N–H and O–H groups in total. The number of hydrogen-bond acceptors (Lipinski definition) is 2. The van der Waals surface area contributed by atoms with Gasteiger partial charge in [-0.05, 0) is 54.4 Å². The fourth-order valence-electron chi connectivity index (χ4n) is 1.87. The molecule has 0 spiro atoms. The van der Waals surface area contributed by atoms with Crippen LogP contribution in [0.3, 0.4) is 0 Å². The van der Waals surface area contributed by atoms with Gasteiger partial charge in [-0.15, -0.1) is 0 Å². The van der Waals surface area contributed by atoms with Crippen molar-refractivity contribution in [2.24, 2.45) is 5.73 Å². The van der Waals surface area contributed by atoms with Gasteiger partial charge < -0.3 is 5.73 Å². The Hall–Kier alpha value is -1.69. The first kappa shape index (κ1) is 13.7. The van der Waals surface area contributed by atoms with Crippen molar-refractivity contribution < 1.29 is 4.39 Å². The lowest BCUT2D eigenvalue weighted by molar-refractivity contribution is 0.601. The average molecular weight is 325 g/mol. The van der Waals surface area contributed by atoms with Crippen molar-refractivity contribution >= 4 is 21.8 Å². The van der Waals surface area contributed by atoms with Crippen molar-refractivity contribution in [1.82, 2.24) is 9.78 Å². The lowest BCUT2D eigenvalue weighted by Gasteiger charge is -2.10. The molecule has 4 nitrogen and oxygen atoms in total. The van der Waals surface area contributed by atoms with Crippen LogP contribution in [-0.2, 0) is 0 Å². The lowest BCUT2D eigenvalue weighted by atomic mass is 10.1. The molecule has 1 aromatic carbocycles. The zero-order chi connectivity index (χ0) is 14.3. The van der Waals surface area contributed by atoms with Gasteiger partial charge in [0.1, 0.15) is 11.5 Å². The maximum absolute atomic E-state index is 14.4.